The average molecular weight is 344 g/mol. The van der Waals surface area contributed by atoms with E-state index in [9.17, 15) is 0 Å². The summed E-state index contributed by atoms with van der Waals surface area (Å²) in [6, 6.07) is 14.0. The van der Waals surface area contributed by atoms with Crippen LogP contribution in [0.4, 0.5) is 11.8 Å². The Balaban J connectivity index is 1.69. The van der Waals surface area contributed by atoms with Gasteiger partial charge in [-0.3, -0.25) is 5.10 Å². The molecule has 2 aromatic heterocycles. The van der Waals surface area contributed by atoms with E-state index in [0.29, 0.717) is 30.8 Å². The number of aromatic amines is 1. The van der Waals surface area contributed by atoms with Gasteiger partial charge in [0.05, 0.1) is 18.7 Å². The number of aryl methyl sites for hydroxylation is 1. The molecule has 2 aromatic carbocycles. The van der Waals surface area contributed by atoms with E-state index in [1.54, 1.807) is 0 Å². The first-order valence-corrected chi connectivity index (χ1v) is 8.39. The Kier molecular flexibility index (Phi) is 3.39. The lowest BCUT2D eigenvalue weighted by atomic mass is 10.0. The van der Waals surface area contributed by atoms with Crippen LogP contribution in [-0.4, -0.2) is 25.1 Å². The molecular formula is C19H16N6O. The highest BCUT2D eigenvalue weighted by atomic mass is 16.5. The van der Waals surface area contributed by atoms with Gasteiger partial charge in [0.1, 0.15) is 11.6 Å². The largest absolute Gasteiger partial charge is 0.372 e. The first kappa shape index (κ1) is 15.0. The summed E-state index contributed by atoms with van der Waals surface area (Å²) in [5.74, 6) is 2.57. The molecule has 0 fully saturated rings. The van der Waals surface area contributed by atoms with Crippen LogP contribution in [0, 0.1) is 6.92 Å². The first-order chi connectivity index (χ1) is 12.8. The molecule has 128 valence electrons. The lowest BCUT2D eigenvalue weighted by Gasteiger charge is -2.11. The minimum atomic E-state index is 0.485. The van der Waals surface area contributed by atoms with Crippen molar-refractivity contribution in [2.45, 2.75) is 20.1 Å². The Morgan fingerprint density at radius 2 is 1.92 bits per heavy atom. The topological polar surface area (TPSA) is 88.6 Å². The number of H-pyrrole nitrogens is 1. The SMILES string of the molecule is Cc1nc(Nc2nc(-c3cccc4c3COC4)nc3ccccc23)n[nH]1. The second kappa shape index (κ2) is 5.89. The molecule has 7 heteroatoms. The van der Waals surface area contributed by atoms with Crippen LogP contribution in [0.15, 0.2) is 42.5 Å². The van der Waals surface area contributed by atoms with Gasteiger partial charge in [-0.05, 0) is 30.2 Å². The molecule has 0 unspecified atom stereocenters. The van der Waals surface area contributed by atoms with Gasteiger partial charge in [0.25, 0.3) is 0 Å². The van der Waals surface area contributed by atoms with E-state index in [-0.39, 0.29) is 0 Å². The van der Waals surface area contributed by atoms with Gasteiger partial charge in [-0.25, -0.2) is 9.97 Å². The third-order valence-corrected chi connectivity index (χ3v) is 4.45. The molecule has 0 spiro atoms. The first-order valence-electron chi connectivity index (χ1n) is 8.39. The van der Waals surface area contributed by atoms with Crippen molar-refractivity contribution in [2.24, 2.45) is 0 Å². The van der Waals surface area contributed by atoms with Crippen molar-refractivity contribution in [3.8, 4) is 11.4 Å². The summed E-state index contributed by atoms with van der Waals surface area (Å²) < 4.78 is 5.60. The van der Waals surface area contributed by atoms with Gasteiger partial charge in [0, 0.05) is 10.9 Å². The number of ether oxygens (including phenoxy) is 1. The van der Waals surface area contributed by atoms with Crippen molar-refractivity contribution in [2.75, 3.05) is 5.32 Å². The quantitative estimate of drug-likeness (QED) is 0.591. The standard InChI is InChI=1S/C19H16N6O/c1-11-20-19(25-24-11)23-18-14-6-2-3-8-16(14)21-17(22-18)13-7-4-5-12-9-26-10-15(12)13/h2-8H,9-10H2,1H3,(H2,20,21,22,23,24,25). The van der Waals surface area contributed by atoms with E-state index in [0.717, 1.165) is 27.9 Å². The smallest absolute Gasteiger partial charge is 0.247 e. The molecule has 0 saturated heterocycles. The third kappa shape index (κ3) is 2.49. The zero-order valence-corrected chi connectivity index (χ0v) is 14.2. The van der Waals surface area contributed by atoms with E-state index in [1.165, 1.54) is 5.56 Å². The Morgan fingerprint density at radius 1 is 1.00 bits per heavy atom. The molecule has 0 radical (unpaired) electrons. The predicted molar refractivity (Wildman–Crippen MR) is 97.9 cm³/mol. The van der Waals surface area contributed by atoms with Crippen molar-refractivity contribution < 1.29 is 4.74 Å². The summed E-state index contributed by atoms with van der Waals surface area (Å²) in [5, 5.41) is 11.1. The van der Waals surface area contributed by atoms with Crippen molar-refractivity contribution in [1.82, 2.24) is 25.1 Å². The summed E-state index contributed by atoms with van der Waals surface area (Å²) >= 11 is 0. The summed E-state index contributed by atoms with van der Waals surface area (Å²) in [6.45, 7) is 3.08. The maximum Gasteiger partial charge on any atom is 0.247 e. The highest BCUT2D eigenvalue weighted by Crippen LogP contribution is 2.32. The van der Waals surface area contributed by atoms with Gasteiger partial charge in [0.15, 0.2) is 5.82 Å². The van der Waals surface area contributed by atoms with Gasteiger partial charge >= 0.3 is 0 Å². The van der Waals surface area contributed by atoms with E-state index < -0.39 is 0 Å². The number of para-hydroxylation sites is 1. The minimum Gasteiger partial charge on any atom is -0.372 e. The number of rotatable bonds is 3. The molecule has 3 heterocycles. The molecule has 0 atom stereocenters. The Morgan fingerprint density at radius 3 is 2.81 bits per heavy atom. The Labute approximate surface area is 149 Å². The predicted octanol–water partition coefficient (Wildman–Crippen LogP) is 3.50. The van der Waals surface area contributed by atoms with Gasteiger partial charge in [-0.2, -0.15) is 4.98 Å². The van der Waals surface area contributed by atoms with Gasteiger partial charge in [-0.15, -0.1) is 5.10 Å². The van der Waals surface area contributed by atoms with Gasteiger partial charge < -0.3 is 10.1 Å². The average Bonchev–Trinajstić information content (AvgIpc) is 3.30. The maximum atomic E-state index is 5.60. The number of fused-ring (bicyclic) bond motifs is 2. The molecule has 2 N–H and O–H groups in total. The molecule has 1 aliphatic rings. The molecule has 7 nitrogen and oxygen atoms in total. The second-order valence-corrected chi connectivity index (χ2v) is 6.22. The summed E-state index contributed by atoms with van der Waals surface area (Å²) in [4.78, 5) is 13.9. The minimum absolute atomic E-state index is 0.485. The Bertz CT molecular complexity index is 1120. The monoisotopic (exact) mass is 344 g/mol. The fraction of sp³-hybridized carbons (Fsp3) is 0.158. The molecule has 0 bridgehead atoms. The number of hydrogen-bond donors (Lipinski definition) is 2. The van der Waals surface area contributed by atoms with Crippen LogP contribution in [0.25, 0.3) is 22.3 Å². The zero-order valence-electron chi connectivity index (χ0n) is 14.2. The number of aromatic nitrogens is 5. The molecule has 0 saturated carbocycles. The number of hydrogen-bond acceptors (Lipinski definition) is 6. The van der Waals surface area contributed by atoms with Crippen LogP contribution in [-0.2, 0) is 18.0 Å². The molecule has 1 aliphatic heterocycles. The fourth-order valence-electron chi connectivity index (χ4n) is 3.21. The van der Waals surface area contributed by atoms with E-state index in [1.807, 2.05) is 43.3 Å². The van der Waals surface area contributed by atoms with Crippen LogP contribution in [0.1, 0.15) is 17.0 Å². The lowest BCUT2D eigenvalue weighted by Crippen LogP contribution is -2.02. The Hall–Kier alpha value is -3.32. The molecule has 0 amide bonds. The van der Waals surface area contributed by atoms with Crippen molar-refractivity contribution >= 4 is 22.7 Å². The van der Waals surface area contributed by atoms with Crippen LogP contribution in [0.2, 0.25) is 0 Å². The van der Waals surface area contributed by atoms with E-state index in [2.05, 4.69) is 26.6 Å². The number of nitrogens with zero attached hydrogens (tertiary/aromatic N) is 4. The summed E-state index contributed by atoms with van der Waals surface area (Å²) in [6.07, 6.45) is 0. The highest BCUT2D eigenvalue weighted by Gasteiger charge is 2.19. The fourth-order valence-corrected chi connectivity index (χ4v) is 3.21. The molecule has 0 aliphatic carbocycles. The van der Waals surface area contributed by atoms with Crippen LogP contribution < -0.4 is 5.32 Å². The summed E-state index contributed by atoms with van der Waals surface area (Å²) in [5.41, 5.74) is 4.21. The highest BCUT2D eigenvalue weighted by molar-refractivity contribution is 5.91. The normalized spacial score (nSPS) is 13.1. The molecule has 4 aromatic rings. The number of benzene rings is 2. The molecular weight excluding hydrogens is 328 g/mol. The van der Waals surface area contributed by atoms with E-state index >= 15 is 0 Å². The molecule has 26 heavy (non-hydrogen) atoms. The van der Waals surface area contributed by atoms with Gasteiger partial charge in [-0.1, -0.05) is 30.3 Å². The maximum absolute atomic E-state index is 5.60. The summed E-state index contributed by atoms with van der Waals surface area (Å²) in [7, 11) is 0. The zero-order chi connectivity index (χ0) is 17.5. The van der Waals surface area contributed by atoms with Crippen molar-refractivity contribution in [3.63, 3.8) is 0 Å². The number of anilines is 2. The van der Waals surface area contributed by atoms with Crippen LogP contribution in [0.3, 0.4) is 0 Å². The van der Waals surface area contributed by atoms with Crippen molar-refractivity contribution in [1.29, 1.82) is 0 Å². The van der Waals surface area contributed by atoms with Crippen LogP contribution >= 0.6 is 0 Å². The molecule has 5 rings (SSSR count). The third-order valence-electron chi connectivity index (χ3n) is 4.45. The number of nitrogens with one attached hydrogen (secondary N) is 2. The van der Waals surface area contributed by atoms with Crippen molar-refractivity contribution in [3.05, 3.63) is 59.4 Å². The van der Waals surface area contributed by atoms with Gasteiger partial charge in [0.2, 0.25) is 5.95 Å². The van der Waals surface area contributed by atoms with E-state index in [4.69, 9.17) is 14.7 Å². The second-order valence-electron chi connectivity index (χ2n) is 6.22. The lowest BCUT2D eigenvalue weighted by molar-refractivity contribution is 0.134. The van der Waals surface area contributed by atoms with Crippen LogP contribution in [0.5, 0.6) is 0 Å².